The number of nitrogens with two attached hydrogens (primary N) is 1. The van der Waals surface area contributed by atoms with Crippen molar-refractivity contribution in [1.82, 2.24) is 0 Å². The lowest BCUT2D eigenvalue weighted by atomic mass is 9.92. The Kier molecular flexibility index (Phi) is 5.91. The Morgan fingerprint density at radius 2 is 1.72 bits per heavy atom. The van der Waals surface area contributed by atoms with E-state index in [1.54, 1.807) is 13.4 Å². The van der Waals surface area contributed by atoms with Crippen molar-refractivity contribution >= 4 is 0 Å². The van der Waals surface area contributed by atoms with Crippen molar-refractivity contribution in [3.05, 3.63) is 89.9 Å². The summed E-state index contributed by atoms with van der Waals surface area (Å²) in [6, 6.07) is 23.3. The molecule has 0 saturated carbocycles. The van der Waals surface area contributed by atoms with Crippen LogP contribution >= 0.6 is 0 Å². The zero-order valence-electron chi connectivity index (χ0n) is 14.9. The average molecular weight is 336 g/mol. The van der Waals surface area contributed by atoms with Crippen LogP contribution in [-0.2, 0) is 0 Å². The van der Waals surface area contributed by atoms with E-state index in [2.05, 4.69) is 60.8 Å². The summed E-state index contributed by atoms with van der Waals surface area (Å²) >= 11 is 0. The minimum atomic E-state index is 0.199. The molecule has 0 unspecified atom stereocenters. The minimum Gasteiger partial charge on any atom is -0.496 e. The summed E-state index contributed by atoms with van der Waals surface area (Å²) in [5.74, 6) is 2.11. The van der Waals surface area contributed by atoms with Crippen LogP contribution < -0.4 is 10.1 Å². The number of rotatable bonds is 8. The second-order valence-electron chi connectivity index (χ2n) is 6.32. The number of para-hydroxylation sites is 1. The molecule has 0 radical (unpaired) electrons. The van der Waals surface area contributed by atoms with Crippen LogP contribution in [0, 0.1) is 0 Å². The van der Waals surface area contributed by atoms with Gasteiger partial charge in [-0.1, -0.05) is 48.5 Å². The first kappa shape index (κ1) is 17.3. The Labute approximate surface area is 149 Å². The second kappa shape index (κ2) is 8.54. The number of furan rings is 1. The first-order valence-corrected chi connectivity index (χ1v) is 8.84. The van der Waals surface area contributed by atoms with Crippen LogP contribution in [0.3, 0.4) is 0 Å². The Balaban J connectivity index is 1.71. The maximum Gasteiger partial charge on any atom is 0.122 e. The largest absolute Gasteiger partial charge is 0.496 e. The van der Waals surface area contributed by atoms with E-state index in [4.69, 9.17) is 9.15 Å². The van der Waals surface area contributed by atoms with Crippen molar-refractivity contribution in [2.75, 3.05) is 13.7 Å². The van der Waals surface area contributed by atoms with Crippen LogP contribution in [0.25, 0.3) is 0 Å². The molecule has 3 aromatic rings. The number of ether oxygens (including phenoxy) is 1. The van der Waals surface area contributed by atoms with Crippen LogP contribution in [0.1, 0.15) is 42.2 Å². The molecule has 2 atom stereocenters. The Bertz CT molecular complexity index is 753. The van der Waals surface area contributed by atoms with Gasteiger partial charge >= 0.3 is 0 Å². The molecule has 0 aliphatic rings. The monoisotopic (exact) mass is 336 g/mol. The van der Waals surface area contributed by atoms with Crippen molar-refractivity contribution in [2.45, 2.75) is 25.3 Å². The van der Waals surface area contributed by atoms with Crippen LogP contribution in [0.15, 0.2) is 77.4 Å². The molecule has 1 aromatic heterocycles. The summed E-state index contributed by atoms with van der Waals surface area (Å²) in [7, 11) is 1.72. The molecule has 3 heteroatoms. The lowest BCUT2D eigenvalue weighted by molar-refractivity contribution is -0.693. The molecule has 3 nitrogen and oxygen atoms in total. The van der Waals surface area contributed by atoms with Crippen molar-refractivity contribution in [3.8, 4) is 5.75 Å². The SMILES string of the molecule is COc1ccccc1[C@H](CC[NH2+][C@@H](C)c1ccccc1)c1ccco1. The third-order valence-electron chi connectivity index (χ3n) is 4.70. The molecule has 3 rings (SSSR count). The van der Waals surface area contributed by atoms with Gasteiger partial charge in [0.05, 0.1) is 25.8 Å². The van der Waals surface area contributed by atoms with E-state index < -0.39 is 0 Å². The fourth-order valence-electron chi connectivity index (χ4n) is 3.30. The maximum absolute atomic E-state index is 5.72. The van der Waals surface area contributed by atoms with Gasteiger partial charge in [0.15, 0.2) is 0 Å². The van der Waals surface area contributed by atoms with E-state index in [1.165, 1.54) is 11.1 Å². The standard InChI is InChI=1S/C22H25NO2/c1-17(18-9-4-3-5-10-18)23-15-14-20(22-13-8-16-25-22)19-11-6-7-12-21(19)24-2/h3-13,16-17,20,23H,14-15H2,1-2H3/p+1/t17-,20-/m0/s1. The maximum atomic E-state index is 5.72. The van der Waals surface area contributed by atoms with E-state index in [0.29, 0.717) is 6.04 Å². The Hall–Kier alpha value is -2.52. The first-order valence-electron chi connectivity index (χ1n) is 8.84. The highest BCUT2D eigenvalue weighted by Crippen LogP contribution is 2.34. The fraction of sp³-hybridized carbons (Fsp3) is 0.273. The molecule has 0 saturated heterocycles. The normalized spacial score (nSPS) is 13.4. The molecular formula is C22H26NO2+. The summed E-state index contributed by atoms with van der Waals surface area (Å²) in [6.45, 7) is 3.26. The Morgan fingerprint density at radius 1 is 0.960 bits per heavy atom. The predicted molar refractivity (Wildman–Crippen MR) is 99.8 cm³/mol. The third-order valence-corrected chi connectivity index (χ3v) is 4.70. The van der Waals surface area contributed by atoms with Gasteiger partial charge in [-0.2, -0.15) is 0 Å². The van der Waals surface area contributed by atoms with Crippen molar-refractivity contribution in [1.29, 1.82) is 0 Å². The number of hydrogen-bond donors (Lipinski definition) is 1. The highest BCUT2D eigenvalue weighted by Gasteiger charge is 2.21. The zero-order valence-corrected chi connectivity index (χ0v) is 14.9. The van der Waals surface area contributed by atoms with Crippen LogP contribution in [0.2, 0.25) is 0 Å². The number of benzene rings is 2. The Morgan fingerprint density at radius 3 is 2.44 bits per heavy atom. The molecule has 0 aliphatic heterocycles. The average Bonchev–Trinajstić information content (AvgIpc) is 3.20. The predicted octanol–water partition coefficient (Wildman–Crippen LogP) is 4.13. The summed E-state index contributed by atoms with van der Waals surface area (Å²) in [4.78, 5) is 0. The van der Waals surface area contributed by atoms with Crippen LogP contribution in [-0.4, -0.2) is 13.7 Å². The molecule has 0 fully saturated rings. The van der Waals surface area contributed by atoms with Crippen LogP contribution in [0.4, 0.5) is 0 Å². The van der Waals surface area contributed by atoms with E-state index >= 15 is 0 Å². The van der Waals surface area contributed by atoms with Crippen LogP contribution in [0.5, 0.6) is 5.75 Å². The van der Waals surface area contributed by atoms with E-state index in [0.717, 1.165) is 24.5 Å². The van der Waals surface area contributed by atoms with Gasteiger partial charge in [0, 0.05) is 17.5 Å². The molecule has 0 amide bonds. The number of methoxy groups -OCH3 is 1. The topological polar surface area (TPSA) is 39.0 Å². The van der Waals surface area contributed by atoms with E-state index in [9.17, 15) is 0 Å². The third kappa shape index (κ3) is 4.31. The van der Waals surface area contributed by atoms with Gasteiger partial charge < -0.3 is 14.5 Å². The summed E-state index contributed by atoms with van der Waals surface area (Å²) < 4.78 is 11.3. The van der Waals surface area contributed by atoms with Gasteiger partial charge in [-0.05, 0) is 25.1 Å². The highest BCUT2D eigenvalue weighted by molar-refractivity contribution is 5.39. The molecule has 0 bridgehead atoms. The molecule has 130 valence electrons. The summed E-state index contributed by atoms with van der Waals surface area (Å²) in [6.07, 6.45) is 2.74. The van der Waals surface area contributed by atoms with Gasteiger partial charge in [0.1, 0.15) is 17.6 Å². The molecule has 0 aliphatic carbocycles. The number of quaternary nitrogens is 1. The van der Waals surface area contributed by atoms with Crippen molar-refractivity contribution in [2.24, 2.45) is 0 Å². The molecular weight excluding hydrogens is 310 g/mol. The second-order valence-corrected chi connectivity index (χ2v) is 6.32. The molecule has 2 N–H and O–H groups in total. The quantitative estimate of drug-likeness (QED) is 0.671. The van der Waals surface area contributed by atoms with E-state index in [-0.39, 0.29) is 5.92 Å². The van der Waals surface area contributed by atoms with Gasteiger partial charge in [-0.15, -0.1) is 0 Å². The van der Waals surface area contributed by atoms with Crippen molar-refractivity contribution in [3.63, 3.8) is 0 Å². The molecule has 2 aromatic carbocycles. The summed E-state index contributed by atoms with van der Waals surface area (Å²) in [5, 5.41) is 2.39. The van der Waals surface area contributed by atoms with E-state index in [1.807, 2.05) is 18.2 Å². The van der Waals surface area contributed by atoms with Gasteiger partial charge in [-0.3, -0.25) is 0 Å². The fourth-order valence-corrected chi connectivity index (χ4v) is 3.30. The molecule has 25 heavy (non-hydrogen) atoms. The minimum absolute atomic E-state index is 0.199. The van der Waals surface area contributed by atoms with Gasteiger partial charge in [0.2, 0.25) is 0 Å². The zero-order chi connectivity index (χ0) is 17.5. The van der Waals surface area contributed by atoms with Crippen molar-refractivity contribution < 1.29 is 14.5 Å². The smallest absolute Gasteiger partial charge is 0.122 e. The molecule has 1 heterocycles. The van der Waals surface area contributed by atoms with Gasteiger partial charge in [-0.25, -0.2) is 0 Å². The summed E-state index contributed by atoms with van der Waals surface area (Å²) in [5.41, 5.74) is 2.54. The highest BCUT2D eigenvalue weighted by atomic mass is 16.5. The first-order chi connectivity index (χ1) is 12.3. The molecule has 0 spiro atoms. The lowest BCUT2D eigenvalue weighted by Crippen LogP contribution is -2.84. The van der Waals surface area contributed by atoms with Gasteiger partial charge in [0.25, 0.3) is 0 Å². The number of hydrogen-bond acceptors (Lipinski definition) is 2. The lowest BCUT2D eigenvalue weighted by Gasteiger charge is -2.19.